The summed E-state index contributed by atoms with van der Waals surface area (Å²) >= 11 is 0. The molecule has 2 aromatic heterocycles. The zero-order chi connectivity index (χ0) is 21.3. The fraction of sp³-hybridized carbons (Fsp3) is 0.227. The summed E-state index contributed by atoms with van der Waals surface area (Å²) in [5, 5.41) is 3.34. The molecule has 1 N–H and O–H groups in total. The Hall–Kier alpha value is -3.55. The van der Waals surface area contributed by atoms with Crippen molar-refractivity contribution in [1.29, 1.82) is 0 Å². The Bertz CT molecular complexity index is 1100. The second-order valence-electron chi connectivity index (χ2n) is 6.97. The highest BCUT2D eigenvalue weighted by atomic mass is 19.1. The van der Waals surface area contributed by atoms with Crippen molar-refractivity contribution in [1.82, 2.24) is 15.0 Å². The topological polar surface area (TPSA) is 68.5 Å². The van der Waals surface area contributed by atoms with Crippen molar-refractivity contribution in [3.63, 3.8) is 0 Å². The highest BCUT2D eigenvalue weighted by Gasteiger charge is 2.45. The van der Waals surface area contributed by atoms with Crippen molar-refractivity contribution >= 4 is 5.84 Å². The molecule has 0 saturated heterocycles. The van der Waals surface area contributed by atoms with Gasteiger partial charge in [0.2, 0.25) is 5.95 Å². The molecule has 1 aromatic carbocycles. The molecule has 3 aromatic rings. The summed E-state index contributed by atoms with van der Waals surface area (Å²) in [5.74, 6) is -0.429. The molecule has 8 heteroatoms. The molecule has 0 radical (unpaired) electrons. The number of amidine groups is 1. The highest BCUT2D eigenvalue weighted by molar-refractivity contribution is 6.00. The Morgan fingerprint density at radius 3 is 2.50 bits per heavy atom. The molecular weight excluding hydrogens is 390 g/mol. The molecular formula is C22H20F2N4O2. The molecule has 0 aliphatic carbocycles. The van der Waals surface area contributed by atoms with Gasteiger partial charge in [0.05, 0.1) is 12.2 Å². The first-order valence-electron chi connectivity index (χ1n) is 9.55. The van der Waals surface area contributed by atoms with Gasteiger partial charge in [-0.1, -0.05) is 18.2 Å². The van der Waals surface area contributed by atoms with Crippen molar-refractivity contribution in [3.05, 3.63) is 99.7 Å². The summed E-state index contributed by atoms with van der Waals surface area (Å²) in [6.07, 6.45) is 3.00. The molecule has 3 heterocycles. The molecule has 1 aliphatic rings. The number of nitrogens with zero attached hydrogens (tertiary/aromatic N) is 3. The minimum absolute atomic E-state index is 0.266. The number of halogens is 2. The maximum atomic E-state index is 13.6. The van der Waals surface area contributed by atoms with Gasteiger partial charge in [0.1, 0.15) is 23.8 Å². The summed E-state index contributed by atoms with van der Waals surface area (Å²) < 4.78 is 28.2. The normalized spacial score (nSPS) is 20.5. The van der Waals surface area contributed by atoms with Crippen LogP contribution in [0.15, 0.2) is 70.7 Å². The smallest absolute Gasteiger partial charge is 0.283 e. The van der Waals surface area contributed by atoms with Crippen molar-refractivity contribution in [3.8, 4) is 0 Å². The predicted octanol–water partition coefficient (Wildman–Crippen LogP) is 2.65. The second kappa shape index (κ2) is 7.70. The molecule has 1 aliphatic heterocycles. The number of benzene rings is 1. The van der Waals surface area contributed by atoms with E-state index in [1.54, 1.807) is 37.4 Å². The fourth-order valence-corrected chi connectivity index (χ4v) is 3.71. The van der Waals surface area contributed by atoms with Crippen LogP contribution in [0.25, 0.3) is 0 Å². The van der Waals surface area contributed by atoms with Crippen LogP contribution < -0.4 is 15.7 Å². The minimum atomic E-state index is -0.962. The van der Waals surface area contributed by atoms with Crippen LogP contribution in [-0.4, -0.2) is 28.2 Å². The van der Waals surface area contributed by atoms with E-state index < -0.39 is 11.5 Å². The van der Waals surface area contributed by atoms with Gasteiger partial charge in [0.25, 0.3) is 5.56 Å². The van der Waals surface area contributed by atoms with Crippen LogP contribution in [0.4, 0.5) is 8.78 Å². The molecule has 2 atom stereocenters. The molecule has 6 nitrogen and oxygen atoms in total. The molecule has 0 unspecified atom stereocenters. The van der Waals surface area contributed by atoms with Gasteiger partial charge in [-0.15, -0.1) is 0 Å². The zero-order valence-electron chi connectivity index (χ0n) is 16.5. The number of hydrogen-bond acceptors (Lipinski definition) is 5. The summed E-state index contributed by atoms with van der Waals surface area (Å²) in [6, 6.07) is 11.7. The van der Waals surface area contributed by atoms with E-state index in [1.165, 1.54) is 30.5 Å². The molecule has 0 spiro atoms. The van der Waals surface area contributed by atoms with E-state index >= 15 is 0 Å². The molecule has 154 valence electrons. The van der Waals surface area contributed by atoms with Crippen molar-refractivity contribution in [2.45, 2.75) is 25.4 Å². The number of aliphatic imine (C=N–C) groups is 1. The fourth-order valence-electron chi connectivity index (χ4n) is 3.71. The Balaban J connectivity index is 1.89. The quantitative estimate of drug-likeness (QED) is 0.657. The lowest BCUT2D eigenvalue weighted by molar-refractivity contribution is 0.113. The first kappa shape index (κ1) is 19.8. The Morgan fingerprint density at radius 2 is 1.83 bits per heavy atom. The SMILES string of the molecule is CCOn1cc(C2=N[C@](c3ccc(F)cc3)(c3ccc(F)nc3)[C@H](C)N2)ccc1=O. The van der Waals surface area contributed by atoms with Gasteiger partial charge in [0, 0.05) is 23.4 Å². The molecule has 0 amide bonds. The van der Waals surface area contributed by atoms with Gasteiger partial charge in [-0.2, -0.15) is 9.12 Å². The van der Waals surface area contributed by atoms with Gasteiger partial charge in [-0.05, 0) is 43.7 Å². The summed E-state index contributed by atoms with van der Waals surface area (Å²) in [4.78, 5) is 26.1. The van der Waals surface area contributed by atoms with Crippen LogP contribution in [-0.2, 0) is 5.54 Å². The number of hydrogen-bond donors (Lipinski definition) is 1. The predicted molar refractivity (Wildman–Crippen MR) is 108 cm³/mol. The average Bonchev–Trinajstić information content (AvgIpc) is 3.09. The third kappa shape index (κ3) is 3.34. The van der Waals surface area contributed by atoms with Crippen LogP contribution in [0.2, 0.25) is 0 Å². The van der Waals surface area contributed by atoms with E-state index in [0.29, 0.717) is 23.6 Å². The van der Waals surface area contributed by atoms with Crippen LogP contribution in [0.5, 0.6) is 0 Å². The molecule has 4 rings (SSSR count). The van der Waals surface area contributed by atoms with Gasteiger partial charge in [0.15, 0.2) is 0 Å². The van der Waals surface area contributed by atoms with Crippen LogP contribution in [0.3, 0.4) is 0 Å². The van der Waals surface area contributed by atoms with E-state index in [9.17, 15) is 13.6 Å². The Morgan fingerprint density at radius 1 is 1.10 bits per heavy atom. The van der Waals surface area contributed by atoms with Crippen molar-refractivity contribution in [2.75, 3.05) is 6.61 Å². The summed E-state index contributed by atoms with van der Waals surface area (Å²) in [7, 11) is 0. The zero-order valence-corrected chi connectivity index (χ0v) is 16.5. The highest BCUT2D eigenvalue weighted by Crippen LogP contribution is 2.40. The summed E-state index contributed by atoms with van der Waals surface area (Å²) in [5.41, 5.74) is 0.777. The lowest BCUT2D eigenvalue weighted by atomic mass is 9.79. The first-order chi connectivity index (χ1) is 14.4. The lowest BCUT2D eigenvalue weighted by Crippen LogP contribution is -2.41. The minimum Gasteiger partial charge on any atom is -0.411 e. The first-order valence-corrected chi connectivity index (χ1v) is 9.55. The average molecular weight is 410 g/mol. The van der Waals surface area contributed by atoms with Crippen molar-refractivity contribution < 1.29 is 13.6 Å². The number of pyridine rings is 2. The van der Waals surface area contributed by atoms with Crippen LogP contribution in [0, 0.1) is 11.8 Å². The van der Waals surface area contributed by atoms with Crippen LogP contribution >= 0.6 is 0 Å². The van der Waals surface area contributed by atoms with Crippen molar-refractivity contribution in [2.24, 2.45) is 4.99 Å². The van der Waals surface area contributed by atoms with Gasteiger partial charge >= 0.3 is 0 Å². The molecule has 0 bridgehead atoms. The Kier molecular flexibility index (Phi) is 5.07. The molecule has 0 fully saturated rings. The van der Waals surface area contributed by atoms with E-state index in [-0.39, 0.29) is 17.4 Å². The van der Waals surface area contributed by atoms with E-state index in [0.717, 1.165) is 10.3 Å². The maximum Gasteiger partial charge on any atom is 0.283 e. The third-order valence-corrected chi connectivity index (χ3v) is 5.14. The summed E-state index contributed by atoms with van der Waals surface area (Å²) in [6.45, 7) is 4.05. The molecule has 0 saturated carbocycles. The van der Waals surface area contributed by atoms with Gasteiger partial charge in [-0.3, -0.25) is 4.79 Å². The molecule has 30 heavy (non-hydrogen) atoms. The van der Waals surface area contributed by atoms with Crippen LogP contribution in [0.1, 0.15) is 30.5 Å². The monoisotopic (exact) mass is 410 g/mol. The van der Waals surface area contributed by atoms with E-state index in [1.807, 2.05) is 6.92 Å². The number of nitrogens with one attached hydrogen (secondary N) is 1. The largest absolute Gasteiger partial charge is 0.411 e. The number of aromatic nitrogens is 2. The maximum absolute atomic E-state index is 13.6. The Labute approximate surface area is 171 Å². The van der Waals surface area contributed by atoms with Gasteiger partial charge in [-0.25, -0.2) is 14.4 Å². The second-order valence-corrected chi connectivity index (χ2v) is 6.97. The number of rotatable bonds is 5. The third-order valence-electron chi connectivity index (χ3n) is 5.14. The standard InChI is InChI=1S/C22H20F2N4O2/c1-3-30-28-13-15(4-11-20(28)29)21-26-14(2)22(27-21,16-5-8-18(23)9-6-16)17-7-10-19(24)25-12-17/h4-14H,3H2,1-2H3,(H,26,27)/t14-,22+/m0/s1. The van der Waals surface area contributed by atoms with E-state index in [2.05, 4.69) is 10.3 Å². The van der Waals surface area contributed by atoms with Gasteiger partial charge < -0.3 is 10.2 Å². The van der Waals surface area contributed by atoms with E-state index in [4.69, 9.17) is 9.83 Å². The lowest BCUT2D eigenvalue weighted by Gasteiger charge is -2.31.